The molecule has 0 spiro atoms. The molecule has 0 amide bonds. The SMILES string of the molecule is O=S(=O)([O-])C(F)(F)COCc1ccc2cc(OCC3CO3)ccc2c1. The van der Waals surface area contributed by atoms with E-state index in [4.69, 9.17) is 9.47 Å². The highest BCUT2D eigenvalue weighted by atomic mass is 32.2. The zero-order chi connectivity index (χ0) is 18.1. The molecule has 0 aliphatic carbocycles. The van der Waals surface area contributed by atoms with Gasteiger partial charge >= 0.3 is 5.25 Å². The van der Waals surface area contributed by atoms with Gasteiger partial charge in [-0.3, -0.25) is 0 Å². The number of fused-ring (bicyclic) bond motifs is 1. The second-order valence-corrected chi connectivity index (χ2v) is 7.20. The lowest BCUT2D eigenvalue weighted by Gasteiger charge is -2.19. The minimum Gasteiger partial charge on any atom is -0.743 e. The Morgan fingerprint density at radius 2 is 1.88 bits per heavy atom. The zero-order valence-corrected chi connectivity index (χ0v) is 13.8. The van der Waals surface area contributed by atoms with Crippen LogP contribution < -0.4 is 4.74 Å². The van der Waals surface area contributed by atoms with E-state index >= 15 is 0 Å². The van der Waals surface area contributed by atoms with E-state index in [-0.39, 0.29) is 12.7 Å². The average molecular weight is 373 g/mol. The van der Waals surface area contributed by atoms with Gasteiger partial charge in [-0.15, -0.1) is 0 Å². The van der Waals surface area contributed by atoms with Gasteiger partial charge < -0.3 is 18.8 Å². The van der Waals surface area contributed by atoms with Crippen LogP contribution in [0.1, 0.15) is 5.56 Å². The molecule has 0 aromatic heterocycles. The first-order valence-electron chi connectivity index (χ1n) is 7.43. The standard InChI is InChI=1S/C16H16F2O6S/c17-16(18,25(19,20)21)10-22-7-11-1-2-13-6-14(4-3-12(13)5-11)23-8-15-9-24-15/h1-6,15H,7-10H2,(H,19,20,21)/p-1. The molecule has 1 heterocycles. The number of alkyl halides is 2. The molecule has 9 heteroatoms. The third kappa shape index (κ3) is 4.63. The molecule has 1 unspecified atom stereocenters. The van der Waals surface area contributed by atoms with Gasteiger partial charge in [0.05, 0.1) is 13.2 Å². The van der Waals surface area contributed by atoms with Crippen molar-refractivity contribution in [1.82, 2.24) is 0 Å². The summed E-state index contributed by atoms with van der Waals surface area (Å²) in [6.07, 6.45) is 0.159. The van der Waals surface area contributed by atoms with Crippen molar-refractivity contribution in [2.24, 2.45) is 0 Å². The number of halogens is 2. The molecule has 6 nitrogen and oxygen atoms in total. The van der Waals surface area contributed by atoms with Gasteiger partial charge in [0.1, 0.15) is 25.1 Å². The Balaban J connectivity index is 1.62. The van der Waals surface area contributed by atoms with Crippen LogP contribution in [0.25, 0.3) is 10.8 Å². The first-order valence-corrected chi connectivity index (χ1v) is 8.83. The van der Waals surface area contributed by atoms with Crippen molar-refractivity contribution in [2.75, 3.05) is 19.8 Å². The number of epoxide rings is 1. The largest absolute Gasteiger partial charge is 0.743 e. The van der Waals surface area contributed by atoms with E-state index in [2.05, 4.69) is 4.74 Å². The van der Waals surface area contributed by atoms with E-state index in [1.165, 1.54) is 0 Å². The Bertz CT molecular complexity index is 864. The van der Waals surface area contributed by atoms with E-state index in [1.807, 2.05) is 12.1 Å². The Kier molecular flexibility index (Phi) is 4.92. The lowest BCUT2D eigenvalue weighted by Crippen LogP contribution is -2.33. The van der Waals surface area contributed by atoms with E-state index in [1.54, 1.807) is 24.3 Å². The molecule has 25 heavy (non-hydrogen) atoms. The van der Waals surface area contributed by atoms with Gasteiger partial charge in [-0.05, 0) is 34.5 Å². The van der Waals surface area contributed by atoms with E-state index < -0.39 is 22.0 Å². The molecule has 0 bridgehead atoms. The van der Waals surface area contributed by atoms with Crippen LogP contribution in [-0.4, -0.2) is 44.1 Å². The topological polar surface area (TPSA) is 88.2 Å². The number of hydrogen-bond acceptors (Lipinski definition) is 6. The summed E-state index contributed by atoms with van der Waals surface area (Å²) in [6, 6.07) is 10.6. The molecular weight excluding hydrogens is 358 g/mol. The predicted molar refractivity (Wildman–Crippen MR) is 83.5 cm³/mol. The summed E-state index contributed by atoms with van der Waals surface area (Å²) in [4.78, 5) is 0. The predicted octanol–water partition coefficient (Wildman–Crippen LogP) is 2.27. The maximum absolute atomic E-state index is 13.0. The molecule has 1 aliphatic heterocycles. The molecule has 2 aromatic carbocycles. The van der Waals surface area contributed by atoms with Gasteiger partial charge in [-0.25, -0.2) is 8.42 Å². The Morgan fingerprint density at radius 3 is 2.56 bits per heavy atom. The van der Waals surface area contributed by atoms with E-state index in [9.17, 15) is 21.8 Å². The second-order valence-electron chi connectivity index (χ2n) is 5.69. The third-order valence-corrected chi connectivity index (χ3v) is 4.47. The van der Waals surface area contributed by atoms with Crippen LogP contribution in [0, 0.1) is 0 Å². The molecule has 1 fully saturated rings. The number of ether oxygens (including phenoxy) is 3. The molecule has 2 aromatic rings. The number of benzene rings is 2. The summed E-state index contributed by atoms with van der Waals surface area (Å²) in [5, 5.41) is -2.70. The molecule has 136 valence electrons. The number of rotatable bonds is 8. The molecule has 0 N–H and O–H groups in total. The van der Waals surface area contributed by atoms with E-state index in [0.29, 0.717) is 24.5 Å². The van der Waals surface area contributed by atoms with Gasteiger partial charge in [0.25, 0.3) is 0 Å². The van der Waals surface area contributed by atoms with Crippen molar-refractivity contribution >= 4 is 20.9 Å². The lowest BCUT2D eigenvalue weighted by molar-refractivity contribution is -0.0270. The molecule has 0 radical (unpaired) electrons. The summed E-state index contributed by atoms with van der Waals surface area (Å²) in [5.74, 6) is 0.701. The van der Waals surface area contributed by atoms with Crippen molar-refractivity contribution in [1.29, 1.82) is 0 Å². The van der Waals surface area contributed by atoms with Crippen molar-refractivity contribution in [3.8, 4) is 5.75 Å². The number of hydrogen-bond donors (Lipinski definition) is 0. The fourth-order valence-corrected chi connectivity index (χ4v) is 2.39. The van der Waals surface area contributed by atoms with Crippen molar-refractivity contribution in [3.63, 3.8) is 0 Å². The maximum atomic E-state index is 13.0. The average Bonchev–Trinajstić information content (AvgIpc) is 3.36. The van der Waals surface area contributed by atoms with Gasteiger partial charge in [0.2, 0.25) is 0 Å². The van der Waals surface area contributed by atoms with Crippen molar-refractivity contribution in [3.05, 3.63) is 42.0 Å². The van der Waals surface area contributed by atoms with Crippen molar-refractivity contribution in [2.45, 2.75) is 18.0 Å². The second kappa shape index (κ2) is 6.83. The summed E-state index contributed by atoms with van der Waals surface area (Å²) >= 11 is 0. The Hall–Kier alpha value is -1.81. The summed E-state index contributed by atoms with van der Waals surface area (Å²) in [7, 11) is -5.73. The van der Waals surface area contributed by atoms with Crippen LogP contribution in [0.3, 0.4) is 0 Å². The smallest absolute Gasteiger partial charge is 0.357 e. The van der Waals surface area contributed by atoms with Gasteiger partial charge in [0.15, 0.2) is 10.1 Å². The molecular formula is C16H15F2O6S-. The fourth-order valence-electron chi connectivity index (χ4n) is 2.17. The van der Waals surface area contributed by atoms with Crippen LogP contribution in [0.5, 0.6) is 5.75 Å². The zero-order valence-electron chi connectivity index (χ0n) is 13.0. The normalized spacial score (nSPS) is 17.6. The maximum Gasteiger partial charge on any atom is 0.357 e. The highest BCUT2D eigenvalue weighted by Gasteiger charge is 2.37. The summed E-state index contributed by atoms with van der Waals surface area (Å²) < 4.78 is 72.6. The third-order valence-electron chi connectivity index (χ3n) is 3.62. The first-order chi connectivity index (χ1) is 11.7. The van der Waals surface area contributed by atoms with Crippen LogP contribution in [0.2, 0.25) is 0 Å². The van der Waals surface area contributed by atoms with E-state index in [0.717, 1.165) is 10.8 Å². The minimum absolute atomic E-state index is 0.159. The highest BCUT2D eigenvalue weighted by Crippen LogP contribution is 2.24. The Labute approximate surface area is 143 Å². The molecule has 1 saturated heterocycles. The summed E-state index contributed by atoms with van der Waals surface area (Å²) in [6.45, 7) is -0.511. The van der Waals surface area contributed by atoms with Gasteiger partial charge in [0, 0.05) is 0 Å². The van der Waals surface area contributed by atoms with Crippen LogP contribution in [0.15, 0.2) is 36.4 Å². The quantitative estimate of drug-likeness (QED) is 0.521. The molecule has 3 rings (SSSR count). The Morgan fingerprint density at radius 1 is 1.20 bits per heavy atom. The minimum atomic E-state index is -5.73. The van der Waals surface area contributed by atoms with Gasteiger partial charge in [-0.2, -0.15) is 8.78 Å². The van der Waals surface area contributed by atoms with Crippen LogP contribution in [0.4, 0.5) is 8.78 Å². The van der Waals surface area contributed by atoms with Crippen molar-refractivity contribution < 1.29 is 36.0 Å². The van der Waals surface area contributed by atoms with Crippen LogP contribution in [-0.2, 0) is 26.2 Å². The molecule has 0 saturated carbocycles. The summed E-state index contributed by atoms with van der Waals surface area (Å²) in [5.41, 5.74) is 0.576. The highest BCUT2D eigenvalue weighted by molar-refractivity contribution is 7.86. The lowest BCUT2D eigenvalue weighted by atomic mass is 10.1. The monoisotopic (exact) mass is 373 g/mol. The van der Waals surface area contributed by atoms with Gasteiger partial charge in [-0.1, -0.05) is 18.2 Å². The fraction of sp³-hybridized carbons (Fsp3) is 0.375. The molecule has 1 atom stereocenters. The first kappa shape index (κ1) is 18.0. The van der Waals surface area contributed by atoms with Crippen LogP contribution >= 0.6 is 0 Å². The molecule has 1 aliphatic rings.